The van der Waals surface area contributed by atoms with Gasteiger partial charge in [0.25, 0.3) is 0 Å². The first-order valence-electron chi connectivity index (χ1n) is 10.7. The van der Waals surface area contributed by atoms with Crippen LogP contribution in [0.2, 0.25) is 0 Å². The highest BCUT2D eigenvalue weighted by atomic mass is 19.1. The Bertz CT molecular complexity index is 1290. The van der Waals surface area contributed by atoms with E-state index >= 15 is 0 Å². The minimum Gasteiger partial charge on any atom is -0.386 e. The van der Waals surface area contributed by atoms with E-state index in [0.29, 0.717) is 16.6 Å². The minimum absolute atomic E-state index is 0.0302. The van der Waals surface area contributed by atoms with Crippen molar-refractivity contribution >= 4 is 22.9 Å². The fraction of sp³-hybridized carbons (Fsp3) is 0.231. The van der Waals surface area contributed by atoms with E-state index in [0.717, 1.165) is 11.6 Å². The molecule has 2 N–H and O–H groups in total. The number of rotatable bonds is 6. The largest absolute Gasteiger partial charge is 0.386 e. The molecule has 0 radical (unpaired) electrons. The molecule has 4 rings (SSSR count). The van der Waals surface area contributed by atoms with E-state index in [1.54, 1.807) is 32.0 Å². The molecule has 5 nitrogen and oxygen atoms in total. The lowest BCUT2D eigenvalue weighted by molar-refractivity contribution is -0.116. The molecule has 0 fully saturated rings. The zero-order chi connectivity index (χ0) is 23.8. The minimum atomic E-state index is -1.13. The average Bonchev–Trinajstić information content (AvgIpc) is 3.09. The summed E-state index contributed by atoms with van der Waals surface area (Å²) < 4.78 is 29.6. The van der Waals surface area contributed by atoms with Gasteiger partial charge in [-0.2, -0.15) is 0 Å². The summed E-state index contributed by atoms with van der Waals surface area (Å²) in [5.74, 6) is -1.66. The molecular formula is C26H25F2N3O2. The molecule has 0 aliphatic heterocycles. The number of imidazole rings is 1. The molecule has 0 aliphatic carbocycles. The molecule has 33 heavy (non-hydrogen) atoms. The molecule has 170 valence electrons. The number of hydrogen-bond acceptors (Lipinski definition) is 3. The number of halogens is 2. The van der Waals surface area contributed by atoms with E-state index in [-0.39, 0.29) is 29.9 Å². The molecular weight excluding hydrogens is 424 g/mol. The van der Waals surface area contributed by atoms with Crippen LogP contribution < -0.4 is 5.32 Å². The molecule has 1 aromatic heterocycles. The normalized spacial score (nSPS) is 12.7. The van der Waals surface area contributed by atoms with Gasteiger partial charge in [-0.3, -0.25) is 14.7 Å². The maximum absolute atomic E-state index is 14.0. The lowest BCUT2D eigenvalue weighted by Crippen LogP contribution is -2.17. The van der Waals surface area contributed by atoms with E-state index in [1.165, 1.54) is 16.7 Å². The average molecular weight is 450 g/mol. The summed E-state index contributed by atoms with van der Waals surface area (Å²) in [7, 11) is 0. The molecule has 1 atom stereocenters. The van der Waals surface area contributed by atoms with Gasteiger partial charge < -0.3 is 5.11 Å². The van der Waals surface area contributed by atoms with Crippen molar-refractivity contribution in [2.24, 2.45) is 0 Å². The number of aliphatic hydroxyl groups is 1. The maximum Gasteiger partial charge on any atom is 0.227 e. The zero-order valence-corrected chi connectivity index (χ0v) is 18.6. The summed E-state index contributed by atoms with van der Waals surface area (Å²) in [4.78, 5) is 17.4. The molecule has 0 bridgehead atoms. The summed E-state index contributed by atoms with van der Waals surface area (Å²) >= 11 is 0. The summed E-state index contributed by atoms with van der Waals surface area (Å²) in [6.45, 7) is 5.24. The summed E-state index contributed by atoms with van der Waals surface area (Å²) in [5, 5.41) is 13.2. The Labute approximate surface area is 190 Å². The van der Waals surface area contributed by atoms with Crippen LogP contribution in [-0.4, -0.2) is 20.6 Å². The molecule has 1 heterocycles. The Hall–Kier alpha value is -3.58. The zero-order valence-electron chi connectivity index (χ0n) is 18.6. The second-order valence-electron chi connectivity index (χ2n) is 8.73. The first kappa shape index (κ1) is 22.6. The van der Waals surface area contributed by atoms with Crippen LogP contribution in [0.4, 0.5) is 14.7 Å². The van der Waals surface area contributed by atoms with Crippen LogP contribution in [0.3, 0.4) is 0 Å². The predicted octanol–water partition coefficient (Wildman–Crippen LogP) is 5.66. The fourth-order valence-corrected chi connectivity index (χ4v) is 3.82. The van der Waals surface area contributed by atoms with Gasteiger partial charge in [-0.1, -0.05) is 43.3 Å². The lowest BCUT2D eigenvalue weighted by atomic mass is 9.98. The van der Waals surface area contributed by atoms with E-state index < -0.39 is 17.2 Å². The molecule has 0 aliphatic rings. The van der Waals surface area contributed by atoms with Crippen molar-refractivity contribution in [2.45, 2.75) is 38.7 Å². The number of carbonyl (C=O) groups excluding carboxylic acids is 1. The smallest absolute Gasteiger partial charge is 0.227 e. The SMILES string of the molecule is C[C@H](CC(=O)Nc1nc2ccc(C(C)(C)O)cc2n1-c1cc(F)cc(F)c1)c1ccccc1. The topological polar surface area (TPSA) is 67.2 Å². The van der Waals surface area contributed by atoms with Gasteiger partial charge in [-0.25, -0.2) is 13.8 Å². The quantitative estimate of drug-likeness (QED) is 0.399. The van der Waals surface area contributed by atoms with Crippen LogP contribution in [-0.2, 0) is 10.4 Å². The van der Waals surface area contributed by atoms with Crippen LogP contribution in [0.25, 0.3) is 16.7 Å². The number of nitrogens with one attached hydrogen (secondary N) is 1. The van der Waals surface area contributed by atoms with E-state index in [2.05, 4.69) is 10.3 Å². The van der Waals surface area contributed by atoms with Crippen LogP contribution >= 0.6 is 0 Å². The summed E-state index contributed by atoms with van der Waals surface area (Å²) in [6.07, 6.45) is 0.208. The Morgan fingerprint density at radius 1 is 1.06 bits per heavy atom. The van der Waals surface area contributed by atoms with E-state index in [4.69, 9.17) is 0 Å². The second-order valence-corrected chi connectivity index (χ2v) is 8.73. The van der Waals surface area contributed by atoms with Crippen LogP contribution in [0, 0.1) is 11.6 Å². The number of amides is 1. The third-order valence-electron chi connectivity index (χ3n) is 5.58. The predicted molar refractivity (Wildman–Crippen MR) is 124 cm³/mol. The number of hydrogen-bond donors (Lipinski definition) is 2. The van der Waals surface area contributed by atoms with Gasteiger partial charge >= 0.3 is 0 Å². The standard InChI is InChI=1S/C26H25F2N3O2/c1-16(17-7-5-4-6-8-17)11-24(32)30-25-29-22-10-9-18(26(2,3)33)12-23(22)31(25)21-14-19(27)13-20(28)15-21/h4-10,12-16,33H,11H2,1-3H3,(H,29,30,32)/t16-/m1/s1. The number of benzene rings is 3. The molecule has 4 aromatic rings. The van der Waals surface area contributed by atoms with Crippen LogP contribution in [0.1, 0.15) is 44.2 Å². The van der Waals surface area contributed by atoms with Gasteiger partial charge in [0, 0.05) is 12.5 Å². The van der Waals surface area contributed by atoms with Crippen molar-refractivity contribution in [1.82, 2.24) is 9.55 Å². The maximum atomic E-state index is 14.0. The Morgan fingerprint density at radius 2 is 1.73 bits per heavy atom. The Morgan fingerprint density at radius 3 is 2.36 bits per heavy atom. The molecule has 0 saturated heterocycles. The molecule has 7 heteroatoms. The third-order valence-corrected chi connectivity index (χ3v) is 5.58. The molecule has 0 saturated carbocycles. The van der Waals surface area contributed by atoms with Gasteiger partial charge in [0.05, 0.1) is 22.3 Å². The number of aromatic nitrogens is 2. The first-order valence-corrected chi connectivity index (χ1v) is 10.7. The first-order chi connectivity index (χ1) is 15.6. The Balaban J connectivity index is 1.76. The molecule has 1 amide bonds. The van der Waals surface area contributed by atoms with Crippen molar-refractivity contribution in [3.63, 3.8) is 0 Å². The monoisotopic (exact) mass is 449 g/mol. The van der Waals surface area contributed by atoms with E-state index in [9.17, 15) is 18.7 Å². The van der Waals surface area contributed by atoms with Gasteiger partial charge in [-0.15, -0.1) is 0 Å². The second kappa shape index (κ2) is 8.75. The van der Waals surface area contributed by atoms with E-state index in [1.807, 2.05) is 37.3 Å². The van der Waals surface area contributed by atoms with Crippen LogP contribution in [0.5, 0.6) is 0 Å². The van der Waals surface area contributed by atoms with Gasteiger partial charge in [0.15, 0.2) is 0 Å². The fourth-order valence-electron chi connectivity index (χ4n) is 3.82. The summed E-state index contributed by atoms with van der Waals surface area (Å²) in [6, 6.07) is 17.9. The number of fused-ring (bicyclic) bond motifs is 1. The van der Waals surface area contributed by atoms with Crippen molar-refractivity contribution in [3.8, 4) is 5.69 Å². The number of nitrogens with zero attached hydrogens (tertiary/aromatic N) is 2. The number of carbonyl (C=O) groups is 1. The molecule has 3 aromatic carbocycles. The van der Waals surface area contributed by atoms with Crippen molar-refractivity contribution in [2.75, 3.05) is 5.32 Å². The van der Waals surface area contributed by atoms with Gasteiger partial charge in [0.2, 0.25) is 11.9 Å². The molecule has 0 unspecified atom stereocenters. The summed E-state index contributed by atoms with van der Waals surface area (Å²) in [5.41, 5.74) is 1.69. The Kier molecular flexibility index (Phi) is 5.99. The van der Waals surface area contributed by atoms with Crippen molar-refractivity contribution < 1.29 is 18.7 Å². The highest BCUT2D eigenvalue weighted by molar-refractivity contribution is 5.93. The lowest BCUT2D eigenvalue weighted by Gasteiger charge is -2.18. The molecule has 0 spiro atoms. The third kappa shape index (κ3) is 4.93. The van der Waals surface area contributed by atoms with Gasteiger partial charge in [0.1, 0.15) is 11.6 Å². The highest BCUT2D eigenvalue weighted by Crippen LogP contribution is 2.30. The number of anilines is 1. The van der Waals surface area contributed by atoms with Gasteiger partial charge in [-0.05, 0) is 55.2 Å². The highest BCUT2D eigenvalue weighted by Gasteiger charge is 2.21. The van der Waals surface area contributed by atoms with Crippen molar-refractivity contribution in [3.05, 3.63) is 89.5 Å². The van der Waals surface area contributed by atoms with Crippen LogP contribution in [0.15, 0.2) is 66.7 Å². The van der Waals surface area contributed by atoms with Crippen molar-refractivity contribution in [1.29, 1.82) is 0 Å².